The van der Waals surface area contributed by atoms with Gasteiger partial charge in [0, 0.05) is 6.07 Å². The van der Waals surface area contributed by atoms with Crippen LogP contribution in [0.25, 0.3) is 0 Å². The van der Waals surface area contributed by atoms with E-state index in [0.717, 1.165) is 0 Å². The van der Waals surface area contributed by atoms with Crippen LogP contribution in [-0.4, -0.2) is 19.2 Å². The van der Waals surface area contributed by atoms with E-state index in [-0.39, 0.29) is 5.69 Å². The van der Waals surface area contributed by atoms with Crippen molar-refractivity contribution in [3.8, 4) is 11.6 Å². The van der Waals surface area contributed by atoms with Crippen LogP contribution in [0.15, 0.2) is 15.8 Å². The van der Waals surface area contributed by atoms with Crippen LogP contribution >= 0.6 is 15.9 Å². The maximum Gasteiger partial charge on any atom is 0.257 e. The molecule has 0 unspecified atom stereocenters. The molecule has 0 saturated carbocycles. The highest BCUT2D eigenvalue weighted by molar-refractivity contribution is 9.10. The quantitative estimate of drug-likeness (QED) is 0.607. The van der Waals surface area contributed by atoms with Gasteiger partial charge in [0.2, 0.25) is 0 Å². The number of hydrogen-bond donors (Lipinski definition) is 0. The van der Waals surface area contributed by atoms with E-state index in [1.165, 1.54) is 20.3 Å². The Morgan fingerprint density at radius 1 is 1.46 bits per heavy atom. The highest BCUT2D eigenvalue weighted by Gasteiger charge is 2.11. The Balaban J connectivity index is 3.26. The van der Waals surface area contributed by atoms with Gasteiger partial charge in [-0.1, -0.05) is 0 Å². The van der Waals surface area contributed by atoms with Gasteiger partial charge in [-0.2, -0.15) is 0 Å². The summed E-state index contributed by atoms with van der Waals surface area (Å²) in [6.07, 6.45) is 0. The van der Waals surface area contributed by atoms with Crippen molar-refractivity contribution in [2.24, 2.45) is 5.18 Å². The Morgan fingerprint density at radius 3 is 2.62 bits per heavy atom. The fraction of sp³-hybridized carbons (Fsp3) is 0.286. The van der Waals surface area contributed by atoms with Crippen molar-refractivity contribution in [3.63, 3.8) is 0 Å². The van der Waals surface area contributed by atoms with Crippen LogP contribution in [-0.2, 0) is 0 Å². The summed E-state index contributed by atoms with van der Waals surface area (Å²) in [4.78, 5) is 14.2. The Labute approximate surface area is 83.2 Å². The standard InChI is InChI=1S/C7H7BrN2O3/c1-12-5-3-4(10-11)6(8)9-7(5)13-2/h3H,1-2H3. The maximum atomic E-state index is 10.3. The summed E-state index contributed by atoms with van der Waals surface area (Å²) in [5, 5.41) is 2.76. The molecule has 0 fully saturated rings. The first-order valence-corrected chi connectivity index (χ1v) is 4.14. The van der Waals surface area contributed by atoms with E-state index in [2.05, 4.69) is 26.1 Å². The van der Waals surface area contributed by atoms with Gasteiger partial charge in [-0.05, 0) is 21.1 Å². The number of nitrogens with zero attached hydrogens (tertiary/aromatic N) is 2. The topological polar surface area (TPSA) is 60.8 Å². The van der Waals surface area contributed by atoms with Crippen LogP contribution < -0.4 is 9.47 Å². The average Bonchev–Trinajstić information content (AvgIpc) is 2.17. The molecular weight excluding hydrogens is 240 g/mol. The van der Waals surface area contributed by atoms with Crippen molar-refractivity contribution in [1.82, 2.24) is 4.98 Å². The Hall–Kier alpha value is -1.17. The second-order valence-corrected chi connectivity index (χ2v) is 2.85. The van der Waals surface area contributed by atoms with Gasteiger partial charge in [-0.25, -0.2) is 4.98 Å². The lowest BCUT2D eigenvalue weighted by Crippen LogP contribution is -1.93. The number of nitroso groups, excluding NO2 is 1. The highest BCUT2D eigenvalue weighted by Crippen LogP contribution is 2.34. The molecule has 0 spiro atoms. The van der Waals surface area contributed by atoms with Crippen molar-refractivity contribution >= 4 is 21.6 Å². The second-order valence-electron chi connectivity index (χ2n) is 2.10. The van der Waals surface area contributed by atoms with Crippen LogP contribution in [0.1, 0.15) is 0 Å². The van der Waals surface area contributed by atoms with E-state index in [9.17, 15) is 4.91 Å². The van der Waals surface area contributed by atoms with Gasteiger partial charge in [-0.15, -0.1) is 4.91 Å². The van der Waals surface area contributed by atoms with Crippen LogP contribution in [0.2, 0.25) is 0 Å². The monoisotopic (exact) mass is 246 g/mol. The van der Waals surface area contributed by atoms with Gasteiger partial charge in [0.15, 0.2) is 5.75 Å². The molecule has 0 aliphatic rings. The van der Waals surface area contributed by atoms with Gasteiger partial charge in [0.25, 0.3) is 5.88 Å². The Bertz CT molecular complexity index is 330. The fourth-order valence-corrected chi connectivity index (χ4v) is 1.15. The third-order valence-electron chi connectivity index (χ3n) is 1.40. The molecule has 0 amide bonds. The van der Waals surface area contributed by atoms with Gasteiger partial charge >= 0.3 is 0 Å². The third kappa shape index (κ3) is 1.95. The second kappa shape index (κ2) is 4.18. The molecule has 1 aromatic rings. The molecule has 6 heteroatoms. The zero-order valence-electron chi connectivity index (χ0n) is 7.07. The summed E-state index contributed by atoms with van der Waals surface area (Å²) in [6.45, 7) is 0. The molecule has 0 N–H and O–H groups in total. The molecule has 0 saturated heterocycles. The molecule has 0 aromatic carbocycles. The molecule has 0 atom stereocenters. The molecule has 1 aromatic heterocycles. The summed E-state index contributed by atoms with van der Waals surface area (Å²) in [5.74, 6) is 0.682. The Morgan fingerprint density at radius 2 is 2.15 bits per heavy atom. The molecule has 0 aliphatic heterocycles. The largest absolute Gasteiger partial charge is 0.491 e. The lowest BCUT2D eigenvalue weighted by atomic mass is 10.4. The van der Waals surface area contributed by atoms with Crippen molar-refractivity contribution in [2.45, 2.75) is 0 Å². The zero-order chi connectivity index (χ0) is 9.84. The molecule has 0 radical (unpaired) electrons. The van der Waals surface area contributed by atoms with Crippen LogP contribution in [0.3, 0.4) is 0 Å². The van der Waals surface area contributed by atoms with Crippen molar-refractivity contribution in [2.75, 3.05) is 14.2 Å². The molecule has 5 nitrogen and oxygen atoms in total. The zero-order valence-corrected chi connectivity index (χ0v) is 8.66. The predicted octanol–water partition coefficient (Wildman–Crippen LogP) is 2.26. The first-order chi connectivity index (χ1) is 6.22. The minimum Gasteiger partial charge on any atom is -0.491 e. The van der Waals surface area contributed by atoms with Crippen molar-refractivity contribution in [1.29, 1.82) is 0 Å². The van der Waals surface area contributed by atoms with E-state index >= 15 is 0 Å². The fourth-order valence-electron chi connectivity index (χ4n) is 0.803. The van der Waals surface area contributed by atoms with Gasteiger partial charge < -0.3 is 9.47 Å². The summed E-state index contributed by atoms with van der Waals surface area (Å²) >= 11 is 3.07. The molecule has 70 valence electrons. The predicted molar refractivity (Wildman–Crippen MR) is 50.5 cm³/mol. The molecule has 1 heterocycles. The first-order valence-electron chi connectivity index (χ1n) is 3.34. The number of halogens is 1. The van der Waals surface area contributed by atoms with E-state index < -0.39 is 0 Å². The molecule has 1 rings (SSSR count). The molecular formula is C7H7BrN2O3. The highest BCUT2D eigenvalue weighted by atomic mass is 79.9. The average molecular weight is 247 g/mol. The minimum atomic E-state index is 0.178. The summed E-state index contributed by atoms with van der Waals surface area (Å²) in [6, 6.07) is 1.45. The summed E-state index contributed by atoms with van der Waals surface area (Å²) in [7, 11) is 2.92. The van der Waals surface area contributed by atoms with E-state index in [4.69, 9.17) is 9.47 Å². The van der Waals surface area contributed by atoms with Crippen LogP contribution in [0, 0.1) is 4.91 Å². The number of hydrogen-bond acceptors (Lipinski definition) is 5. The lowest BCUT2D eigenvalue weighted by Gasteiger charge is -2.06. The number of ether oxygens (including phenoxy) is 2. The number of aromatic nitrogens is 1. The van der Waals surface area contributed by atoms with Crippen LogP contribution in [0.5, 0.6) is 11.6 Å². The van der Waals surface area contributed by atoms with Gasteiger partial charge in [-0.3, -0.25) is 0 Å². The SMILES string of the molecule is COc1cc(N=O)c(Br)nc1OC. The normalized spacial score (nSPS) is 9.46. The summed E-state index contributed by atoms with van der Waals surface area (Å²) < 4.78 is 10.2. The van der Waals surface area contributed by atoms with Crippen molar-refractivity contribution < 1.29 is 9.47 Å². The molecule has 0 bridgehead atoms. The Kier molecular flexibility index (Phi) is 3.18. The van der Waals surface area contributed by atoms with Gasteiger partial charge in [0.1, 0.15) is 10.3 Å². The van der Waals surface area contributed by atoms with Crippen molar-refractivity contribution in [3.05, 3.63) is 15.6 Å². The molecule has 13 heavy (non-hydrogen) atoms. The van der Waals surface area contributed by atoms with Crippen LogP contribution in [0.4, 0.5) is 5.69 Å². The number of methoxy groups -OCH3 is 2. The maximum absolute atomic E-state index is 10.3. The summed E-state index contributed by atoms with van der Waals surface area (Å²) in [5.41, 5.74) is 0.178. The molecule has 0 aliphatic carbocycles. The third-order valence-corrected chi connectivity index (χ3v) is 1.98. The van der Waals surface area contributed by atoms with E-state index in [1.54, 1.807) is 0 Å². The number of pyridine rings is 1. The van der Waals surface area contributed by atoms with E-state index in [1.807, 2.05) is 0 Å². The first kappa shape index (κ1) is 9.91. The van der Waals surface area contributed by atoms with E-state index in [0.29, 0.717) is 16.2 Å². The smallest absolute Gasteiger partial charge is 0.257 e. The lowest BCUT2D eigenvalue weighted by molar-refractivity contribution is 0.342. The van der Waals surface area contributed by atoms with Gasteiger partial charge in [0.05, 0.1) is 14.2 Å². The minimum absolute atomic E-state index is 0.178. The number of rotatable bonds is 3.